The molecule has 25 heavy (non-hydrogen) atoms. The lowest BCUT2D eigenvalue weighted by Crippen LogP contribution is -2.56. The molecule has 1 aromatic rings. The van der Waals surface area contributed by atoms with Gasteiger partial charge < -0.3 is 10.6 Å². The minimum absolute atomic E-state index is 0.0954. The highest BCUT2D eigenvalue weighted by atomic mass is 35.5. The van der Waals surface area contributed by atoms with E-state index >= 15 is 0 Å². The number of nitrogens with one attached hydrogen (secondary N) is 2. The van der Waals surface area contributed by atoms with Crippen molar-refractivity contribution in [3.05, 3.63) is 28.8 Å². The summed E-state index contributed by atoms with van der Waals surface area (Å²) in [7, 11) is 0. The summed E-state index contributed by atoms with van der Waals surface area (Å²) >= 11 is 5.61. The zero-order valence-electron chi connectivity index (χ0n) is 13.6. The van der Waals surface area contributed by atoms with E-state index in [4.69, 9.17) is 11.6 Å². The highest BCUT2D eigenvalue weighted by molar-refractivity contribution is 6.31. The third-order valence-corrected chi connectivity index (χ3v) is 6.38. The van der Waals surface area contributed by atoms with Gasteiger partial charge in [0.15, 0.2) is 0 Å². The van der Waals surface area contributed by atoms with Crippen LogP contribution in [0.5, 0.6) is 0 Å². The molecule has 0 aromatic heterocycles. The predicted octanol–water partition coefficient (Wildman–Crippen LogP) is 5.31. The second-order valence-electron chi connectivity index (χ2n) is 7.75. The van der Waals surface area contributed by atoms with Crippen LogP contribution in [0.4, 0.5) is 23.7 Å². The van der Waals surface area contributed by atoms with Gasteiger partial charge >= 0.3 is 12.2 Å². The number of benzene rings is 1. The number of anilines is 1. The van der Waals surface area contributed by atoms with Gasteiger partial charge in [-0.1, -0.05) is 11.6 Å². The standard InChI is InChI=1S/C18H20ClF3N2O/c19-15-2-1-13(8-14(15)18(20,21)22)23-17(25)24-16-11-4-9-3-10(6-11)7-12(16)5-9/h1-2,8-12,16H,3-7H2,(H2,23,24,25). The SMILES string of the molecule is O=C(Nc1ccc(Cl)c(C(F)(F)F)c1)NC1C2CC3CC(C2)CC1C3. The third-order valence-electron chi connectivity index (χ3n) is 6.05. The van der Waals surface area contributed by atoms with E-state index in [0.29, 0.717) is 11.8 Å². The summed E-state index contributed by atoms with van der Waals surface area (Å²) in [5, 5.41) is 5.18. The molecule has 0 radical (unpaired) electrons. The van der Waals surface area contributed by atoms with Crippen LogP contribution in [0.2, 0.25) is 5.02 Å². The van der Waals surface area contributed by atoms with Crippen molar-refractivity contribution in [2.45, 2.75) is 44.3 Å². The largest absolute Gasteiger partial charge is 0.417 e. The van der Waals surface area contributed by atoms with Gasteiger partial charge in [-0.15, -0.1) is 0 Å². The molecule has 0 unspecified atom stereocenters. The van der Waals surface area contributed by atoms with E-state index in [1.165, 1.54) is 12.5 Å². The summed E-state index contributed by atoms with van der Waals surface area (Å²) < 4.78 is 38.8. The second-order valence-corrected chi connectivity index (χ2v) is 8.15. The number of carbonyl (C=O) groups is 1. The molecule has 4 fully saturated rings. The van der Waals surface area contributed by atoms with Crippen LogP contribution in [0.15, 0.2) is 18.2 Å². The van der Waals surface area contributed by atoms with E-state index in [1.54, 1.807) is 0 Å². The van der Waals surface area contributed by atoms with E-state index in [9.17, 15) is 18.0 Å². The predicted molar refractivity (Wildman–Crippen MR) is 89.4 cm³/mol. The van der Waals surface area contributed by atoms with Crippen LogP contribution in [-0.2, 0) is 6.18 Å². The zero-order valence-corrected chi connectivity index (χ0v) is 14.3. The number of halogens is 4. The van der Waals surface area contributed by atoms with Gasteiger partial charge in [-0.25, -0.2) is 4.79 Å². The Morgan fingerprint density at radius 3 is 2.20 bits per heavy atom. The molecule has 0 heterocycles. The molecule has 7 heteroatoms. The van der Waals surface area contributed by atoms with Crippen LogP contribution in [-0.4, -0.2) is 12.1 Å². The van der Waals surface area contributed by atoms with Gasteiger partial charge in [-0.05, 0) is 74.0 Å². The lowest BCUT2D eigenvalue weighted by Gasteiger charge is -2.54. The van der Waals surface area contributed by atoms with Crippen LogP contribution in [0.25, 0.3) is 0 Å². The van der Waals surface area contributed by atoms with Crippen molar-refractivity contribution < 1.29 is 18.0 Å². The highest BCUT2D eigenvalue weighted by Crippen LogP contribution is 2.53. The number of alkyl halides is 3. The quantitative estimate of drug-likeness (QED) is 0.726. The number of carbonyl (C=O) groups excluding carboxylic acids is 1. The van der Waals surface area contributed by atoms with Crippen molar-refractivity contribution in [2.24, 2.45) is 23.7 Å². The van der Waals surface area contributed by atoms with Gasteiger partial charge in [0.05, 0.1) is 10.6 Å². The summed E-state index contributed by atoms with van der Waals surface area (Å²) in [6.07, 6.45) is 1.44. The maximum atomic E-state index is 12.9. The number of hydrogen-bond acceptors (Lipinski definition) is 1. The maximum absolute atomic E-state index is 12.9. The monoisotopic (exact) mass is 372 g/mol. The first-order chi connectivity index (χ1) is 11.8. The first kappa shape index (κ1) is 17.0. The number of hydrogen-bond donors (Lipinski definition) is 2. The average Bonchev–Trinajstić information content (AvgIpc) is 2.51. The highest BCUT2D eigenvalue weighted by Gasteiger charge is 2.48. The zero-order chi connectivity index (χ0) is 17.8. The first-order valence-corrected chi connectivity index (χ1v) is 9.11. The van der Waals surface area contributed by atoms with E-state index < -0.39 is 17.8 Å². The lowest BCUT2D eigenvalue weighted by atomic mass is 9.54. The molecule has 136 valence electrons. The van der Waals surface area contributed by atoms with Crippen molar-refractivity contribution >= 4 is 23.3 Å². The van der Waals surface area contributed by atoms with Gasteiger partial charge in [0.25, 0.3) is 0 Å². The van der Waals surface area contributed by atoms with Crippen LogP contribution in [0.1, 0.15) is 37.7 Å². The molecule has 1 aromatic carbocycles. The van der Waals surface area contributed by atoms with Crippen LogP contribution in [0, 0.1) is 23.7 Å². The van der Waals surface area contributed by atoms with Crippen molar-refractivity contribution in [3.63, 3.8) is 0 Å². The van der Waals surface area contributed by atoms with E-state index in [0.717, 1.165) is 49.7 Å². The summed E-state index contributed by atoms with van der Waals surface area (Å²) in [4.78, 5) is 12.3. The minimum Gasteiger partial charge on any atom is -0.335 e. The number of rotatable bonds is 2. The van der Waals surface area contributed by atoms with E-state index in [-0.39, 0.29) is 16.8 Å². The molecule has 2 N–H and O–H groups in total. The van der Waals surface area contributed by atoms with Crippen molar-refractivity contribution in [1.29, 1.82) is 0 Å². The van der Waals surface area contributed by atoms with Crippen molar-refractivity contribution in [3.8, 4) is 0 Å². The normalized spacial score (nSPS) is 33.4. The fourth-order valence-corrected chi connectivity index (χ4v) is 5.52. The van der Waals surface area contributed by atoms with Crippen molar-refractivity contribution in [1.82, 2.24) is 5.32 Å². The second kappa shape index (κ2) is 6.08. The molecule has 3 nitrogen and oxygen atoms in total. The molecule has 4 aliphatic carbocycles. The molecule has 4 aliphatic rings. The summed E-state index contributed by atoms with van der Waals surface area (Å²) in [5.74, 6) is 2.62. The maximum Gasteiger partial charge on any atom is 0.417 e. The Hall–Kier alpha value is -1.43. The minimum atomic E-state index is -4.55. The van der Waals surface area contributed by atoms with Crippen LogP contribution in [0.3, 0.4) is 0 Å². The topological polar surface area (TPSA) is 41.1 Å². The van der Waals surface area contributed by atoms with Gasteiger partial charge in [0, 0.05) is 11.7 Å². The smallest absolute Gasteiger partial charge is 0.335 e. The first-order valence-electron chi connectivity index (χ1n) is 8.74. The average molecular weight is 373 g/mol. The number of amides is 2. The van der Waals surface area contributed by atoms with Crippen LogP contribution < -0.4 is 10.6 Å². The molecule has 2 amide bonds. The van der Waals surface area contributed by atoms with Gasteiger partial charge in [0.2, 0.25) is 0 Å². The molecule has 0 spiro atoms. The fraction of sp³-hybridized carbons (Fsp3) is 0.611. The van der Waals surface area contributed by atoms with E-state index in [1.807, 2.05) is 0 Å². The lowest BCUT2D eigenvalue weighted by molar-refractivity contribution is -0.137. The fourth-order valence-electron chi connectivity index (χ4n) is 5.30. The van der Waals surface area contributed by atoms with Gasteiger partial charge in [-0.2, -0.15) is 13.2 Å². The summed E-state index contributed by atoms with van der Waals surface area (Å²) in [6.45, 7) is 0. The summed E-state index contributed by atoms with van der Waals surface area (Å²) in [5.41, 5.74) is -0.848. The van der Waals surface area contributed by atoms with Crippen LogP contribution >= 0.6 is 11.6 Å². The molecule has 0 aliphatic heterocycles. The molecular formula is C18H20ClF3N2O. The molecule has 0 atom stereocenters. The molecule has 5 rings (SSSR count). The Bertz CT molecular complexity index is 663. The van der Waals surface area contributed by atoms with E-state index in [2.05, 4.69) is 10.6 Å². The number of urea groups is 1. The molecule has 4 bridgehead atoms. The van der Waals surface area contributed by atoms with Gasteiger partial charge in [-0.3, -0.25) is 0 Å². The van der Waals surface area contributed by atoms with Gasteiger partial charge in [0.1, 0.15) is 0 Å². The Kier molecular flexibility index (Phi) is 4.13. The summed E-state index contributed by atoms with van der Waals surface area (Å²) in [6, 6.07) is 3.12. The Morgan fingerprint density at radius 1 is 1.04 bits per heavy atom. The molecular weight excluding hydrogens is 353 g/mol. The third kappa shape index (κ3) is 3.33. The molecule has 4 saturated carbocycles. The Balaban J connectivity index is 1.43. The van der Waals surface area contributed by atoms with Crippen molar-refractivity contribution in [2.75, 3.05) is 5.32 Å². The Labute approximate surface area is 149 Å². The Morgan fingerprint density at radius 2 is 1.64 bits per heavy atom. The molecule has 0 saturated heterocycles.